The molecule has 6 N–H and O–H groups in total. The normalized spacial score (nSPS) is 15.8. The van der Waals surface area contributed by atoms with Crippen molar-refractivity contribution in [2.45, 2.75) is 6.42 Å². The molecule has 7 nitrogen and oxygen atoms in total. The summed E-state index contributed by atoms with van der Waals surface area (Å²) >= 11 is 0. The van der Waals surface area contributed by atoms with Crippen LogP contribution >= 0.6 is 0 Å². The predicted molar refractivity (Wildman–Crippen MR) is 88.8 cm³/mol. The van der Waals surface area contributed by atoms with Crippen molar-refractivity contribution in [1.29, 1.82) is 0 Å². The summed E-state index contributed by atoms with van der Waals surface area (Å²) in [6, 6.07) is 3.92. The van der Waals surface area contributed by atoms with Gasteiger partial charge in [-0.3, -0.25) is 4.79 Å². The second-order valence-corrected chi connectivity index (χ2v) is 5.43. The number of hydrogen-bond acceptors (Lipinski definition) is 3. The molecule has 0 saturated heterocycles. The fourth-order valence-corrected chi connectivity index (χ4v) is 2.73. The lowest BCUT2D eigenvalue weighted by Gasteiger charge is -2.07. The molecular formula is C16H18FN5O2. The van der Waals surface area contributed by atoms with Gasteiger partial charge in [-0.25, -0.2) is 9.18 Å². The topological polar surface area (TPSA) is 112 Å². The van der Waals surface area contributed by atoms with Gasteiger partial charge in [-0.1, -0.05) is 0 Å². The van der Waals surface area contributed by atoms with Crippen molar-refractivity contribution < 1.29 is 14.0 Å². The van der Waals surface area contributed by atoms with E-state index in [0.29, 0.717) is 48.2 Å². The van der Waals surface area contributed by atoms with E-state index in [2.05, 4.69) is 20.9 Å². The number of nitrogens with one attached hydrogen (secondary N) is 4. The zero-order valence-electron chi connectivity index (χ0n) is 12.9. The van der Waals surface area contributed by atoms with Crippen LogP contribution in [0.15, 0.2) is 24.4 Å². The van der Waals surface area contributed by atoms with Crippen molar-refractivity contribution in [3.63, 3.8) is 0 Å². The molecule has 0 radical (unpaired) electrons. The van der Waals surface area contributed by atoms with Crippen molar-refractivity contribution in [2.24, 2.45) is 5.73 Å². The van der Waals surface area contributed by atoms with Gasteiger partial charge in [-0.2, -0.15) is 0 Å². The van der Waals surface area contributed by atoms with E-state index >= 15 is 0 Å². The number of H-pyrrole nitrogens is 1. The van der Waals surface area contributed by atoms with E-state index in [0.717, 1.165) is 5.57 Å². The van der Waals surface area contributed by atoms with Gasteiger partial charge >= 0.3 is 6.03 Å². The largest absolute Gasteiger partial charge is 0.350 e. The van der Waals surface area contributed by atoms with Crippen molar-refractivity contribution in [3.05, 3.63) is 41.5 Å². The van der Waals surface area contributed by atoms with Crippen LogP contribution in [0.4, 0.5) is 9.18 Å². The van der Waals surface area contributed by atoms with Crippen molar-refractivity contribution in [2.75, 3.05) is 19.6 Å². The molecule has 0 bridgehead atoms. The summed E-state index contributed by atoms with van der Waals surface area (Å²) in [5.41, 5.74) is 7.71. The monoisotopic (exact) mass is 331 g/mol. The first-order chi connectivity index (χ1) is 11.6. The smallest absolute Gasteiger partial charge is 0.318 e. The number of benzene rings is 1. The van der Waals surface area contributed by atoms with Gasteiger partial charge in [0.15, 0.2) is 0 Å². The Labute approximate surface area is 137 Å². The van der Waals surface area contributed by atoms with Gasteiger partial charge in [-0.05, 0) is 30.2 Å². The molecule has 1 aromatic carbocycles. The van der Waals surface area contributed by atoms with Crippen LogP contribution in [0.5, 0.6) is 0 Å². The minimum Gasteiger partial charge on any atom is -0.350 e. The average Bonchev–Trinajstić information content (AvgIpc) is 2.86. The highest BCUT2D eigenvalue weighted by atomic mass is 19.1. The zero-order valence-corrected chi connectivity index (χ0v) is 12.9. The van der Waals surface area contributed by atoms with Crippen molar-refractivity contribution >= 4 is 28.4 Å². The van der Waals surface area contributed by atoms with Crippen LogP contribution in [0.2, 0.25) is 0 Å². The Morgan fingerprint density at radius 2 is 2.25 bits per heavy atom. The summed E-state index contributed by atoms with van der Waals surface area (Å²) in [6.07, 6.45) is 2.06. The third-order valence-electron chi connectivity index (χ3n) is 3.80. The van der Waals surface area contributed by atoms with E-state index in [1.807, 2.05) is 0 Å². The third-order valence-corrected chi connectivity index (χ3v) is 3.80. The number of halogens is 1. The van der Waals surface area contributed by atoms with Crippen molar-refractivity contribution in [1.82, 2.24) is 20.9 Å². The standard InChI is InChI=1S/C16H18FN5O2/c17-10-1-2-12-11(7-10)13-9(8-21-16(24)20-6-4-18)3-5-19-15(23)14(13)22-12/h1-2,7-8,22H,3-6,18H2,(H,19,23)(H2,20,21,24). The molecule has 1 aliphatic heterocycles. The van der Waals surface area contributed by atoms with Gasteiger partial charge in [-0.15, -0.1) is 0 Å². The molecule has 0 aliphatic carbocycles. The molecule has 2 aromatic rings. The molecule has 2 heterocycles. The van der Waals surface area contributed by atoms with Gasteiger partial charge in [0.05, 0.1) is 0 Å². The number of carbonyl (C=O) groups is 2. The molecule has 0 spiro atoms. The molecule has 1 aromatic heterocycles. The number of urea groups is 1. The number of aromatic nitrogens is 1. The van der Waals surface area contributed by atoms with E-state index in [4.69, 9.17) is 5.73 Å². The zero-order chi connectivity index (χ0) is 17.1. The molecule has 0 fully saturated rings. The van der Waals surface area contributed by atoms with Crippen LogP contribution in [-0.4, -0.2) is 36.6 Å². The second kappa shape index (κ2) is 6.71. The van der Waals surface area contributed by atoms with Crippen LogP contribution in [0.25, 0.3) is 16.5 Å². The van der Waals surface area contributed by atoms with Gasteiger partial charge in [0.1, 0.15) is 11.5 Å². The Bertz CT molecular complexity index is 827. The van der Waals surface area contributed by atoms with Crippen molar-refractivity contribution in [3.8, 4) is 0 Å². The summed E-state index contributed by atoms with van der Waals surface area (Å²) in [6.45, 7) is 1.13. The van der Waals surface area contributed by atoms with Gasteiger partial charge < -0.3 is 26.7 Å². The molecule has 1 aliphatic rings. The molecule has 8 heteroatoms. The Kier molecular flexibility index (Phi) is 4.48. The number of fused-ring (bicyclic) bond motifs is 3. The predicted octanol–water partition coefficient (Wildman–Crippen LogP) is 1.04. The van der Waals surface area contributed by atoms with Crippen LogP contribution in [-0.2, 0) is 0 Å². The molecule has 3 amide bonds. The number of aromatic amines is 1. The molecule has 126 valence electrons. The highest BCUT2D eigenvalue weighted by molar-refractivity contribution is 6.07. The number of hydrogen-bond donors (Lipinski definition) is 5. The van der Waals surface area contributed by atoms with Crippen LogP contribution in [0.3, 0.4) is 0 Å². The molecule has 24 heavy (non-hydrogen) atoms. The molecular weight excluding hydrogens is 313 g/mol. The fourth-order valence-electron chi connectivity index (χ4n) is 2.73. The maximum Gasteiger partial charge on any atom is 0.318 e. The van der Waals surface area contributed by atoms with Gasteiger partial charge in [0.2, 0.25) is 0 Å². The Morgan fingerprint density at radius 3 is 3.04 bits per heavy atom. The molecule has 0 saturated carbocycles. The van der Waals surface area contributed by atoms with Crippen LogP contribution in [0.1, 0.15) is 22.5 Å². The minimum atomic E-state index is -0.387. The summed E-state index contributed by atoms with van der Waals surface area (Å²) < 4.78 is 13.6. The Morgan fingerprint density at radius 1 is 1.42 bits per heavy atom. The lowest BCUT2D eigenvalue weighted by Crippen LogP contribution is -2.35. The molecule has 0 atom stereocenters. The van der Waals surface area contributed by atoms with Crippen LogP contribution < -0.4 is 21.7 Å². The molecule has 3 rings (SSSR count). The minimum absolute atomic E-state index is 0.252. The Hall–Kier alpha value is -2.87. The van der Waals surface area contributed by atoms with Gasteiger partial charge in [0.25, 0.3) is 5.91 Å². The maximum absolute atomic E-state index is 13.6. The highest BCUT2D eigenvalue weighted by Crippen LogP contribution is 2.32. The summed E-state index contributed by atoms with van der Waals surface area (Å²) in [5, 5.41) is 8.60. The van der Waals surface area contributed by atoms with E-state index in [-0.39, 0.29) is 17.8 Å². The third kappa shape index (κ3) is 3.09. The first kappa shape index (κ1) is 16.0. The van der Waals surface area contributed by atoms with E-state index in [1.165, 1.54) is 12.1 Å². The quantitative estimate of drug-likeness (QED) is 0.579. The van der Waals surface area contributed by atoms with Gasteiger partial charge in [0, 0.05) is 42.3 Å². The highest BCUT2D eigenvalue weighted by Gasteiger charge is 2.24. The summed E-state index contributed by atoms with van der Waals surface area (Å²) in [5.74, 6) is -0.639. The van der Waals surface area contributed by atoms with E-state index in [1.54, 1.807) is 12.3 Å². The second-order valence-electron chi connectivity index (χ2n) is 5.43. The summed E-state index contributed by atoms with van der Waals surface area (Å²) in [4.78, 5) is 26.9. The maximum atomic E-state index is 13.6. The van der Waals surface area contributed by atoms with E-state index < -0.39 is 0 Å². The first-order valence-corrected chi connectivity index (χ1v) is 7.63. The Balaban J connectivity index is 2.01. The lowest BCUT2D eigenvalue weighted by molar-refractivity contribution is 0.0952. The first-order valence-electron chi connectivity index (χ1n) is 7.63. The SMILES string of the molecule is NCCNC(=O)NC=C1CCNC(=O)c2[nH]c3ccc(F)cc3c21. The fraction of sp³-hybridized carbons (Fsp3) is 0.250. The number of rotatable bonds is 3. The number of nitrogens with two attached hydrogens (primary N) is 1. The lowest BCUT2D eigenvalue weighted by atomic mass is 10.0. The van der Waals surface area contributed by atoms with E-state index in [9.17, 15) is 14.0 Å². The summed E-state index contributed by atoms with van der Waals surface area (Å²) in [7, 11) is 0. The van der Waals surface area contributed by atoms with Crippen LogP contribution in [0, 0.1) is 5.82 Å². The number of carbonyl (C=O) groups excluding carboxylic acids is 2. The average molecular weight is 331 g/mol. The molecule has 0 unspecified atom stereocenters. The number of amides is 3.